The van der Waals surface area contributed by atoms with E-state index in [-0.39, 0.29) is 17.4 Å². The van der Waals surface area contributed by atoms with Crippen LogP contribution in [0.5, 0.6) is 0 Å². The van der Waals surface area contributed by atoms with Gasteiger partial charge in [0, 0.05) is 11.1 Å². The minimum atomic E-state index is -5.67. The third kappa shape index (κ3) is 2.20. The van der Waals surface area contributed by atoms with Crippen LogP contribution in [0.15, 0.2) is 18.2 Å². The molecule has 0 saturated carbocycles. The standard InChI is InChI=1S/C10H7F5O/c1-6-2-7(5-16)4-8(3-6)9(11,12)10(13,14)15/h2-5H,1H3. The molecule has 0 aliphatic rings. The maximum absolute atomic E-state index is 12.9. The monoisotopic (exact) mass is 238 g/mol. The minimum absolute atomic E-state index is 0.170. The van der Waals surface area contributed by atoms with E-state index in [1.54, 1.807) is 0 Å². The first-order valence-electron chi connectivity index (χ1n) is 4.20. The van der Waals surface area contributed by atoms with E-state index >= 15 is 0 Å². The average molecular weight is 238 g/mol. The zero-order valence-corrected chi connectivity index (χ0v) is 8.11. The highest BCUT2D eigenvalue weighted by atomic mass is 19.4. The van der Waals surface area contributed by atoms with Crippen molar-refractivity contribution in [3.63, 3.8) is 0 Å². The van der Waals surface area contributed by atoms with E-state index in [9.17, 15) is 26.7 Å². The summed E-state index contributed by atoms with van der Waals surface area (Å²) in [5.41, 5.74) is -1.26. The van der Waals surface area contributed by atoms with Gasteiger partial charge in [-0.05, 0) is 30.7 Å². The van der Waals surface area contributed by atoms with Crippen LogP contribution >= 0.6 is 0 Å². The molecule has 0 spiro atoms. The number of benzene rings is 1. The van der Waals surface area contributed by atoms with Gasteiger partial charge in [0.25, 0.3) is 0 Å². The average Bonchev–Trinajstić information content (AvgIpc) is 2.15. The SMILES string of the molecule is Cc1cc(C=O)cc(C(F)(F)C(F)(F)F)c1. The maximum Gasteiger partial charge on any atom is 0.458 e. The van der Waals surface area contributed by atoms with Crippen LogP contribution < -0.4 is 0 Å². The Hall–Kier alpha value is -1.46. The predicted octanol–water partition coefficient (Wildman–Crippen LogP) is 3.46. The van der Waals surface area contributed by atoms with Crippen LogP contribution in [-0.4, -0.2) is 12.5 Å². The molecule has 0 aromatic heterocycles. The van der Waals surface area contributed by atoms with E-state index in [4.69, 9.17) is 0 Å². The van der Waals surface area contributed by atoms with Crippen LogP contribution in [0.2, 0.25) is 0 Å². The molecule has 0 atom stereocenters. The normalized spacial score (nSPS) is 12.6. The molecular weight excluding hydrogens is 231 g/mol. The Bertz CT molecular complexity index is 408. The first kappa shape index (κ1) is 12.6. The molecule has 0 aliphatic heterocycles. The number of halogens is 5. The molecule has 16 heavy (non-hydrogen) atoms. The second-order valence-electron chi connectivity index (χ2n) is 3.32. The fourth-order valence-electron chi connectivity index (χ4n) is 1.23. The van der Waals surface area contributed by atoms with Gasteiger partial charge >= 0.3 is 12.1 Å². The summed E-state index contributed by atoms with van der Waals surface area (Å²) in [6, 6.07) is 2.47. The van der Waals surface area contributed by atoms with Gasteiger partial charge in [0.1, 0.15) is 6.29 Å². The second kappa shape index (κ2) is 3.84. The molecule has 0 aliphatic carbocycles. The predicted molar refractivity (Wildman–Crippen MR) is 46.5 cm³/mol. The molecular formula is C10H7F5O. The van der Waals surface area contributed by atoms with E-state index < -0.39 is 17.7 Å². The Kier molecular flexibility index (Phi) is 3.03. The van der Waals surface area contributed by atoms with Crippen LogP contribution in [0.25, 0.3) is 0 Å². The van der Waals surface area contributed by atoms with Gasteiger partial charge in [-0.1, -0.05) is 0 Å². The van der Waals surface area contributed by atoms with E-state index in [1.165, 1.54) is 13.0 Å². The highest BCUT2D eigenvalue weighted by Crippen LogP contribution is 2.44. The maximum atomic E-state index is 12.9. The third-order valence-electron chi connectivity index (χ3n) is 1.95. The van der Waals surface area contributed by atoms with Gasteiger partial charge in [0.15, 0.2) is 0 Å². The molecule has 6 heteroatoms. The van der Waals surface area contributed by atoms with E-state index in [0.717, 1.165) is 0 Å². The van der Waals surface area contributed by atoms with Crippen LogP contribution in [-0.2, 0) is 5.92 Å². The van der Waals surface area contributed by atoms with Crippen LogP contribution in [0, 0.1) is 6.92 Å². The summed E-state index contributed by atoms with van der Waals surface area (Å²) in [5, 5.41) is 0. The van der Waals surface area contributed by atoms with Crippen molar-refractivity contribution in [2.24, 2.45) is 0 Å². The molecule has 0 radical (unpaired) electrons. The first-order valence-corrected chi connectivity index (χ1v) is 4.20. The Morgan fingerprint density at radius 1 is 1.06 bits per heavy atom. The van der Waals surface area contributed by atoms with E-state index in [1.807, 2.05) is 0 Å². The zero-order chi connectivity index (χ0) is 12.6. The topological polar surface area (TPSA) is 17.1 Å². The van der Waals surface area contributed by atoms with Gasteiger partial charge < -0.3 is 0 Å². The van der Waals surface area contributed by atoms with Crippen LogP contribution in [0.3, 0.4) is 0 Å². The molecule has 88 valence electrons. The zero-order valence-electron chi connectivity index (χ0n) is 8.11. The lowest BCUT2D eigenvalue weighted by Gasteiger charge is -2.20. The fraction of sp³-hybridized carbons (Fsp3) is 0.300. The number of aldehydes is 1. The molecule has 0 saturated heterocycles. The number of aryl methyl sites for hydroxylation is 1. The molecule has 0 fully saturated rings. The highest BCUT2D eigenvalue weighted by molar-refractivity contribution is 5.75. The number of carbonyl (C=O) groups is 1. The smallest absolute Gasteiger partial charge is 0.298 e. The lowest BCUT2D eigenvalue weighted by atomic mass is 10.0. The summed E-state index contributed by atoms with van der Waals surface area (Å²) in [5.74, 6) is -4.95. The van der Waals surface area contributed by atoms with Gasteiger partial charge in [-0.25, -0.2) is 0 Å². The summed E-state index contributed by atoms with van der Waals surface area (Å²) in [6.45, 7) is 1.34. The Morgan fingerprint density at radius 2 is 1.62 bits per heavy atom. The molecule has 0 amide bonds. The first-order chi connectivity index (χ1) is 7.18. The van der Waals surface area contributed by atoms with Crippen molar-refractivity contribution in [2.75, 3.05) is 0 Å². The lowest BCUT2D eigenvalue weighted by Crippen LogP contribution is -2.33. The van der Waals surface area contributed by atoms with Gasteiger partial charge in [-0.2, -0.15) is 22.0 Å². The van der Waals surface area contributed by atoms with Crippen molar-refractivity contribution in [3.8, 4) is 0 Å². The summed E-state index contributed by atoms with van der Waals surface area (Å²) >= 11 is 0. The van der Waals surface area contributed by atoms with Crippen molar-refractivity contribution >= 4 is 6.29 Å². The van der Waals surface area contributed by atoms with Crippen molar-refractivity contribution < 1.29 is 26.7 Å². The largest absolute Gasteiger partial charge is 0.458 e. The summed E-state index contributed by atoms with van der Waals surface area (Å²) < 4.78 is 62.0. The summed E-state index contributed by atoms with van der Waals surface area (Å²) in [7, 11) is 0. The minimum Gasteiger partial charge on any atom is -0.298 e. The molecule has 0 bridgehead atoms. The third-order valence-corrected chi connectivity index (χ3v) is 1.95. The van der Waals surface area contributed by atoms with Gasteiger partial charge in [0.05, 0.1) is 0 Å². The Labute approximate surface area is 87.9 Å². The number of hydrogen-bond donors (Lipinski definition) is 0. The van der Waals surface area contributed by atoms with Crippen molar-refractivity contribution in [1.82, 2.24) is 0 Å². The van der Waals surface area contributed by atoms with Crippen LogP contribution in [0.4, 0.5) is 22.0 Å². The Morgan fingerprint density at radius 3 is 2.06 bits per heavy atom. The fourth-order valence-corrected chi connectivity index (χ4v) is 1.23. The number of rotatable bonds is 2. The quantitative estimate of drug-likeness (QED) is 0.569. The number of hydrogen-bond acceptors (Lipinski definition) is 1. The summed E-state index contributed by atoms with van der Waals surface area (Å²) in [4.78, 5) is 10.4. The van der Waals surface area contributed by atoms with Gasteiger partial charge in [0.2, 0.25) is 0 Å². The molecule has 0 heterocycles. The molecule has 1 rings (SSSR count). The molecule has 0 N–H and O–H groups in total. The van der Waals surface area contributed by atoms with E-state index in [2.05, 4.69) is 0 Å². The van der Waals surface area contributed by atoms with Crippen molar-refractivity contribution in [2.45, 2.75) is 19.0 Å². The van der Waals surface area contributed by atoms with Gasteiger partial charge in [-0.3, -0.25) is 4.79 Å². The molecule has 1 aromatic rings. The number of carbonyl (C=O) groups excluding carboxylic acids is 1. The second-order valence-corrected chi connectivity index (χ2v) is 3.32. The van der Waals surface area contributed by atoms with Gasteiger partial charge in [-0.15, -0.1) is 0 Å². The molecule has 1 aromatic carbocycles. The van der Waals surface area contributed by atoms with Crippen molar-refractivity contribution in [1.29, 1.82) is 0 Å². The Balaban J connectivity index is 3.33. The molecule has 0 unspecified atom stereocenters. The highest BCUT2D eigenvalue weighted by Gasteiger charge is 2.58. The van der Waals surface area contributed by atoms with Crippen molar-refractivity contribution in [3.05, 3.63) is 34.9 Å². The van der Waals surface area contributed by atoms with E-state index in [0.29, 0.717) is 12.1 Å². The lowest BCUT2D eigenvalue weighted by molar-refractivity contribution is -0.289. The van der Waals surface area contributed by atoms with Crippen LogP contribution in [0.1, 0.15) is 21.5 Å². The summed E-state index contributed by atoms with van der Waals surface area (Å²) in [6.07, 6.45) is -5.44. The number of alkyl halides is 5. The molecule has 1 nitrogen and oxygen atoms in total.